The Bertz CT molecular complexity index is 401. The van der Waals surface area contributed by atoms with Crippen LogP contribution >= 0.6 is 0 Å². The lowest BCUT2D eigenvalue weighted by atomic mass is 9.83. The van der Waals surface area contributed by atoms with E-state index in [9.17, 15) is 0 Å². The van der Waals surface area contributed by atoms with Gasteiger partial charge in [-0.05, 0) is 61.8 Å². The summed E-state index contributed by atoms with van der Waals surface area (Å²) < 4.78 is 0. The van der Waals surface area contributed by atoms with E-state index in [1.165, 1.54) is 36.8 Å². The predicted octanol–water partition coefficient (Wildman–Crippen LogP) is 6.75. The van der Waals surface area contributed by atoms with Crippen LogP contribution in [0.25, 0.3) is 0 Å². The third-order valence-corrected chi connectivity index (χ3v) is 5.15. The van der Waals surface area contributed by atoms with E-state index >= 15 is 0 Å². The van der Waals surface area contributed by atoms with Crippen molar-refractivity contribution >= 4 is 0 Å². The molecule has 0 aliphatic carbocycles. The number of rotatable bonds is 9. The molecular formula is C21H34. The highest BCUT2D eigenvalue weighted by Gasteiger charge is 2.15. The Balaban J connectivity index is 2.35. The number of benzene rings is 1. The molecule has 0 N–H and O–H groups in total. The van der Waals surface area contributed by atoms with Crippen molar-refractivity contribution < 1.29 is 0 Å². The Labute approximate surface area is 132 Å². The van der Waals surface area contributed by atoms with E-state index in [0.29, 0.717) is 11.8 Å². The number of hydrogen-bond acceptors (Lipinski definition) is 0. The number of allylic oxidation sites excluding steroid dienone is 1. The Morgan fingerprint density at radius 1 is 0.857 bits per heavy atom. The van der Waals surface area contributed by atoms with Crippen molar-refractivity contribution in [3.8, 4) is 0 Å². The molecule has 0 saturated heterocycles. The molecule has 1 rings (SSSR count). The van der Waals surface area contributed by atoms with E-state index in [2.05, 4.69) is 71.5 Å². The Morgan fingerprint density at radius 2 is 1.38 bits per heavy atom. The van der Waals surface area contributed by atoms with E-state index in [1.807, 2.05) is 0 Å². The Morgan fingerprint density at radius 3 is 1.90 bits per heavy atom. The van der Waals surface area contributed by atoms with E-state index in [0.717, 1.165) is 11.8 Å². The maximum atomic E-state index is 3.88. The van der Waals surface area contributed by atoms with Crippen LogP contribution in [0.5, 0.6) is 0 Å². The van der Waals surface area contributed by atoms with Crippen molar-refractivity contribution in [3.63, 3.8) is 0 Å². The van der Waals surface area contributed by atoms with Gasteiger partial charge in [-0.3, -0.25) is 0 Å². The number of hydrogen-bond donors (Lipinski definition) is 0. The second-order valence-electron chi connectivity index (χ2n) is 7.13. The van der Waals surface area contributed by atoms with Crippen LogP contribution in [0.3, 0.4) is 0 Å². The maximum Gasteiger partial charge on any atom is -0.0190 e. The zero-order valence-corrected chi connectivity index (χ0v) is 14.7. The molecule has 0 saturated carbocycles. The summed E-state index contributed by atoms with van der Waals surface area (Å²) >= 11 is 0. The first-order chi connectivity index (χ1) is 9.93. The van der Waals surface area contributed by atoms with Crippen LogP contribution in [-0.2, 0) is 0 Å². The fourth-order valence-electron chi connectivity index (χ4n) is 2.79. The topological polar surface area (TPSA) is 0 Å². The summed E-state index contributed by atoms with van der Waals surface area (Å²) in [4.78, 5) is 0. The van der Waals surface area contributed by atoms with Crippen LogP contribution in [0.1, 0.15) is 70.4 Å². The summed E-state index contributed by atoms with van der Waals surface area (Å²) in [5.74, 6) is 2.96. The van der Waals surface area contributed by atoms with Crippen molar-refractivity contribution in [2.75, 3.05) is 0 Å². The van der Waals surface area contributed by atoms with Crippen molar-refractivity contribution in [2.45, 2.75) is 66.2 Å². The molecule has 0 spiro atoms. The third-order valence-electron chi connectivity index (χ3n) is 5.15. The van der Waals surface area contributed by atoms with Gasteiger partial charge in [0.25, 0.3) is 0 Å². The first-order valence-corrected chi connectivity index (χ1v) is 8.63. The molecule has 0 fully saturated rings. The van der Waals surface area contributed by atoms with E-state index in [-0.39, 0.29) is 0 Å². The molecule has 4 unspecified atom stereocenters. The second kappa shape index (κ2) is 9.07. The average Bonchev–Trinajstić information content (AvgIpc) is 2.50. The fourth-order valence-corrected chi connectivity index (χ4v) is 2.79. The molecule has 0 heterocycles. The first kappa shape index (κ1) is 18.0. The molecular weight excluding hydrogens is 252 g/mol. The molecule has 0 bridgehead atoms. The highest BCUT2D eigenvalue weighted by atomic mass is 14.2. The predicted molar refractivity (Wildman–Crippen MR) is 95.8 cm³/mol. The minimum absolute atomic E-state index is 0.658. The molecule has 21 heavy (non-hydrogen) atoms. The lowest BCUT2D eigenvalue weighted by Gasteiger charge is -2.22. The summed E-state index contributed by atoms with van der Waals surface area (Å²) in [6.07, 6.45) is 7.32. The smallest absolute Gasteiger partial charge is 0.0190 e. The SMILES string of the molecule is C=CC(C)CCC(C)C(C)CCC(C)c1ccc(C)cc1. The third kappa shape index (κ3) is 6.50. The molecule has 0 aliphatic rings. The minimum atomic E-state index is 0.658. The maximum absolute atomic E-state index is 3.88. The van der Waals surface area contributed by atoms with E-state index < -0.39 is 0 Å². The second-order valence-corrected chi connectivity index (χ2v) is 7.13. The van der Waals surface area contributed by atoms with Gasteiger partial charge in [0, 0.05) is 0 Å². The van der Waals surface area contributed by atoms with Crippen LogP contribution in [0.2, 0.25) is 0 Å². The van der Waals surface area contributed by atoms with Gasteiger partial charge >= 0.3 is 0 Å². The van der Waals surface area contributed by atoms with Gasteiger partial charge in [0.15, 0.2) is 0 Å². The molecule has 0 nitrogen and oxygen atoms in total. The average molecular weight is 287 g/mol. The van der Waals surface area contributed by atoms with Gasteiger partial charge in [0.05, 0.1) is 0 Å². The van der Waals surface area contributed by atoms with Gasteiger partial charge in [-0.1, -0.05) is 63.6 Å². The summed E-state index contributed by atoms with van der Waals surface area (Å²) in [7, 11) is 0. The van der Waals surface area contributed by atoms with Gasteiger partial charge in [-0.25, -0.2) is 0 Å². The molecule has 0 aliphatic heterocycles. The minimum Gasteiger partial charge on any atom is -0.103 e. The van der Waals surface area contributed by atoms with Gasteiger partial charge in [0.1, 0.15) is 0 Å². The van der Waals surface area contributed by atoms with Crippen LogP contribution in [0.4, 0.5) is 0 Å². The normalized spacial score (nSPS) is 17.0. The van der Waals surface area contributed by atoms with Gasteiger partial charge < -0.3 is 0 Å². The van der Waals surface area contributed by atoms with Gasteiger partial charge in [0.2, 0.25) is 0 Å². The van der Waals surface area contributed by atoms with Crippen LogP contribution in [0.15, 0.2) is 36.9 Å². The van der Waals surface area contributed by atoms with Crippen molar-refractivity contribution in [3.05, 3.63) is 48.0 Å². The van der Waals surface area contributed by atoms with E-state index in [1.54, 1.807) is 0 Å². The summed E-state index contributed by atoms with van der Waals surface area (Å²) in [6, 6.07) is 9.04. The van der Waals surface area contributed by atoms with Crippen molar-refractivity contribution in [1.29, 1.82) is 0 Å². The molecule has 118 valence electrons. The van der Waals surface area contributed by atoms with Crippen molar-refractivity contribution in [2.24, 2.45) is 17.8 Å². The summed E-state index contributed by atoms with van der Waals surface area (Å²) in [5.41, 5.74) is 2.84. The fraction of sp³-hybridized carbons (Fsp3) is 0.619. The zero-order chi connectivity index (χ0) is 15.8. The summed E-state index contributed by atoms with van der Waals surface area (Å²) in [5, 5.41) is 0. The summed E-state index contributed by atoms with van der Waals surface area (Å²) in [6.45, 7) is 15.5. The quantitative estimate of drug-likeness (QED) is 0.440. The lowest BCUT2D eigenvalue weighted by molar-refractivity contribution is 0.314. The lowest BCUT2D eigenvalue weighted by Crippen LogP contribution is -2.10. The van der Waals surface area contributed by atoms with Crippen LogP contribution in [0, 0.1) is 24.7 Å². The zero-order valence-electron chi connectivity index (χ0n) is 14.7. The van der Waals surface area contributed by atoms with Crippen LogP contribution in [-0.4, -0.2) is 0 Å². The molecule has 1 aromatic carbocycles. The van der Waals surface area contributed by atoms with Gasteiger partial charge in [-0.2, -0.15) is 0 Å². The number of aryl methyl sites for hydroxylation is 1. The molecule has 0 aromatic heterocycles. The molecule has 4 atom stereocenters. The highest BCUT2D eigenvalue weighted by Crippen LogP contribution is 2.28. The highest BCUT2D eigenvalue weighted by molar-refractivity contribution is 5.23. The molecule has 1 aromatic rings. The molecule has 0 amide bonds. The molecule has 0 heteroatoms. The van der Waals surface area contributed by atoms with Gasteiger partial charge in [-0.15, -0.1) is 6.58 Å². The van der Waals surface area contributed by atoms with E-state index in [4.69, 9.17) is 0 Å². The van der Waals surface area contributed by atoms with Crippen molar-refractivity contribution in [1.82, 2.24) is 0 Å². The Hall–Kier alpha value is -1.04. The first-order valence-electron chi connectivity index (χ1n) is 8.63. The standard InChI is InChI=1S/C21H34/c1-7-16(2)8-11-18(4)19(5)12-13-20(6)21-14-9-17(3)10-15-21/h7,9-10,14-16,18-20H,1,8,11-13H2,2-6H3. The Kier molecular flexibility index (Phi) is 7.78. The molecule has 0 radical (unpaired) electrons. The van der Waals surface area contributed by atoms with Crippen LogP contribution < -0.4 is 0 Å². The monoisotopic (exact) mass is 286 g/mol. The largest absolute Gasteiger partial charge is 0.103 e.